The van der Waals surface area contributed by atoms with Crippen LogP contribution in [0.15, 0.2) is 54.6 Å². The Balaban J connectivity index is 2.10. The lowest BCUT2D eigenvalue weighted by atomic mass is 10.1. The molecule has 25 heavy (non-hydrogen) atoms. The van der Waals surface area contributed by atoms with Gasteiger partial charge in [-0.15, -0.1) is 0 Å². The van der Waals surface area contributed by atoms with Gasteiger partial charge >= 0.3 is 0 Å². The summed E-state index contributed by atoms with van der Waals surface area (Å²) < 4.78 is 10.8. The molecule has 0 saturated carbocycles. The molecule has 0 aromatic heterocycles. The fourth-order valence-corrected chi connectivity index (χ4v) is 2.50. The quantitative estimate of drug-likeness (QED) is 0.705. The van der Waals surface area contributed by atoms with Crippen molar-refractivity contribution in [1.29, 1.82) is 0 Å². The van der Waals surface area contributed by atoms with Crippen molar-refractivity contribution < 1.29 is 14.3 Å². The smallest absolute Gasteiger partial charge is 0.246 e. The fraction of sp³-hybridized carbons (Fsp3) is 0.286. The van der Waals surface area contributed by atoms with E-state index in [9.17, 15) is 4.79 Å². The van der Waals surface area contributed by atoms with Crippen LogP contribution in [-0.4, -0.2) is 31.6 Å². The van der Waals surface area contributed by atoms with E-state index in [-0.39, 0.29) is 11.9 Å². The van der Waals surface area contributed by atoms with E-state index in [2.05, 4.69) is 0 Å². The van der Waals surface area contributed by atoms with E-state index in [1.54, 1.807) is 24.2 Å². The van der Waals surface area contributed by atoms with Crippen LogP contribution in [0.1, 0.15) is 31.0 Å². The van der Waals surface area contributed by atoms with Crippen molar-refractivity contribution in [2.24, 2.45) is 0 Å². The predicted octanol–water partition coefficient (Wildman–Crippen LogP) is 4.33. The number of ether oxygens (including phenoxy) is 2. The zero-order chi connectivity index (χ0) is 18.2. The van der Waals surface area contributed by atoms with Gasteiger partial charge in [-0.05, 0) is 43.2 Å². The second kappa shape index (κ2) is 8.92. The third kappa shape index (κ3) is 4.86. The summed E-state index contributed by atoms with van der Waals surface area (Å²) in [4.78, 5) is 14.2. The lowest BCUT2D eigenvalue weighted by Crippen LogP contribution is -2.27. The number of amides is 1. The minimum absolute atomic E-state index is 0.00760. The summed E-state index contributed by atoms with van der Waals surface area (Å²) in [7, 11) is 3.42. The van der Waals surface area contributed by atoms with E-state index < -0.39 is 0 Å². The maximum absolute atomic E-state index is 12.4. The molecule has 1 atom stereocenters. The Morgan fingerprint density at radius 1 is 1.16 bits per heavy atom. The monoisotopic (exact) mass is 339 g/mol. The van der Waals surface area contributed by atoms with Crippen LogP contribution < -0.4 is 9.47 Å². The lowest BCUT2D eigenvalue weighted by molar-refractivity contribution is -0.126. The second-order valence-corrected chi connectivity index (χ2v) is 5.71. The SMILES string of the molecule is CCOc1cc(C=CC(=O)N(C)C(C)c2ccccc2)ccc1OC. The van der Waals surface area contributed by atoms with Crippen LogP contribution in [0.25, 0.3) is 6.08 Å². The summed E-state index contributed by atoms with van der Waals surface area (Å²) in [6.07, 6.45) is 3.37. The minimum Gasteiger partial charge on any atom is -0.493 e. The molecule has 0 bridgehead atoms. The Labute approximate surface area is 149 Å². The molecule has 4 heteroatoms. The van der Waals surface area contributed by atoms with E-state index in [0.29, 0.717) is 18.1 Å². The predicted molar refractivity (Wildman–Crippen MR) is 101 cm³/mol. The molecule has 0 N–H and O–H groups in total. The van der Waals surface area contributed by atoms with Gasteiger partial charge in [0, 0.05) is 13.1 Å². The fourth-order valence-electron chi connectivity index (χ4n) is 2.50. The molecule has 0 saturated heterocycles. The van der Waals surface area contributed by atoms with Crippen LogP contribution in [0, 0.1) is 0 Å². The number of hydrogen-bond acceptors (Lipinski definition) is 3. The van der Waals surface area contributed by atoms with Crippen molar-refractivity contribution >= 4 is 12.0 Å². The Bertz CT molecular complexity index is 725. The Morgan fingerprint density at radius 2 is 1.88 bits per heavy atom. The maximum Gasteiger partial charge on any atom is 0.246 e. The van der Waals surface area contributed by atoms with Gasteiger partial charge in [0.25, 0.3) is 0 Å². The van der Waals surface area contributed by atoms with Crippen molar-refractivity contribution in [3.63, 3.8) is 0 Å². The molecule has 0 fully saturated rings. The van der Waals surface area contributed by atoms with Crippen molar-refractivity contribution in [2.45, 2.75) is 19.9 Å². The summed E-state index contributed by atoms with van der Waals surface area (Å²) >= 11 is 0. The van der Waals surface area contributed by atoms with E-state index >= 15 is 0 Å². The normalized spacial score (nSPS) is 12.0. The number of hydrogen-bond donors (Lipinski definition) is 0. The van der Waals surface area contributed by atoms with Gasteiger partial charge in [0.15, 0.2) is 11.5 Å². The highest BCUT2D eigenvalue weighted by molar-refractivity contribution is 5.92. The van der Waals surface area contributed by atoms with Crippen molar-refractivity contribution in [3.05, 3.63) is 65.7 Å². The molecule has 132 valence electrons. The van der Waals surface area contributed by atoms with Crippen LogP contribution in [0.3, 0.4) is 0 Å². The van der Waals surface area contributed by atoms with Crippen LogP contribution in [0.2, 0.25) is 0 Å². The number of likely N-dealkylation sites (N-methyl/N-ethyl adjacent to an activating group) is 1. The standard InChI is InChI=1S/C21H25NO3/c1-5-25-20-15-17(11-13-19(20)24-4)12-14-21(23)22(3)16(2)18-9-7-6-8-10-18/h6-16H,5H2,1-4H3. The average molecular weight is 339 g/mol. The molecule has 1 unspecified atom stereocenters. The van der Waals surface area contributed by atoms with Gasteiger partial charge in [-0.3, -0.25) is 4.79 Å². The molecule has 0 heterocycles. The van der Waals surface area contributed by atoms with Gasteiger partial charge in [-0.1, -0.05) is 36.4 Å². The third-order valence-corrected chi connectivity index (χ3v) is 4.12. The number of methoxy groups -OCH3 is 1. The van der Waals surface area contributed by atoms with Crippen LogP contribution in [0.5, 0.6) is 11.5 Å². The second-order valence-electron chi connectivity index (χ2n) is 5.71. The molecule has 0 spiro atoms. The average Bonchev–Trinajstić information content (AvgIpc) is 2.66. The first kappa shape index (κ1) is 18.6. The van der Waals surface area contributed by atoms with Gasteiger partial charge in [0.05, 0.1) is 19.8 Å². The number of nitrogens with zero attached hydrogens (tertiary/aromatic N) is 1. The van der Waals surface area contributed by atoms with Gasteiger partial charge in [-0.2, -0.15) is 0 Å². The zero-order valence-electron chi connectivity index (χ0n) is 15.2. The molecule has 1 amide bonds. The van der Waals surface area contributed by atoms with Crippen LogP contribution in [-0.2, 0) is 4.79 Å². The number of carbonyl (C=O) groups excluding carboxylic acids is 1. The summed E-state index contributed by atoms with van der Waals surface area (Å²) in [5, 5.41) is 0. The molecule has 0 aliphatic carbocycles. The molecule has 0 radical (unpaired) electrons. The highest BCUT2D eigenvalue weighted by Gasteiger charge is 2.15. The Hall–Kier alpha value is -2.75. The highest BCUT2D eigenvalue weighted by Crippen LogP contribution is 2.28. The molecule has 2 aromatic carbocycles. The van der Waals surface area contributed by atoms with Gasteiger partial charge in [-0.25, -0.2) is 0 Å². The van der Waals surface area contributed by atoms with Gasteiger partial charge < -0.3 is 14.4 Å². The van der Waals surface area contributed by atoms with Crippen molar-refractivity contribution in [1.82, 2.24) is 4.90 Å². The van der Waals surface area contributed by atoms with E-state index in [1.807, 2.05) is 69.4 Å². The molecular weight excluding hydrogens is 314 g/mol. The number of benzene rings is 2. The van der Waals surface area contributed by atoms with Crippen molar-refractivity contribution in [3.8, 4) is 11.5 Å². The summed E-state index contributed by atoms with van der Waals surface area (Å²) in [5.41, 5.74) is 1.99. The van der Waals surface area contributed by atoms with Crippen LogP contribution >= 0.6 is 0 Å². The maximum atomic E-state index is 12.4. The number of carbonyl (C=O) groups is 1. The van der Waals surface area contributed by atoms with Gasteiger partial charge in [0.1, 0.15) is 0 Å². The topological polar surface area (TPSA) is 38.8 Å². The highest BCUT2D eigenvalue weighted by atomic mass is 16.5. The Kier molecular flexibility index (Phi) is 6.63. The Morgan fingerprint density at radius 3 is 2.52 bits per heavy atom. The number of rotatable bonds is 7. The minimum atomic E-state index is -0.0508. The van der Waals surface area contributed by atoms with Crippen LogP contribution in [0.4, 0.5) is 0 Å². The summed E-state index contributed by atoms with van der Waals surface area (Å²) in [5.74, 6) is 1.30. The third-order valence-electron chi connectivity index (χ3n) is 4.12. The largest absolute Gasteiger partial charge is 0.493 e. The molecule has 2 rings (SSSR count). The van der Waals surface area contributed by atoms with E-state index in [4.69, 9.17) is 9.47 Å². The zero-order valence-corrected chi connectivity index (χ0v) is 15.2. The molecule has 2 aromatic rings. The summed E-state index contributed by atoms with van der Waals surface area (Å²) in [6.45, 7) is 4.49. The molecule has 4 nitrogen and oxygen atoms in total. The summed E-state index contributed by atoms with van der Waals surface area (Å²) in [6, 6.07) is 15.6. The molecule has 0 aliphatic rings. The first-order valence-electron chi connectivity index (χ1n) is 8.37. The van der Waals surface area contributed by atoms with E-state index in [0.717, 1.165) is 11.1 Å². The first-order chi connectivity index (χ1) is 12.1. The van der Waals surface area contributed by atoms with E-state index in [1.165, 1.54) is 0 Å². The molecule has 0 aliphatic heterocycles. The van der Waals surface area contributed by atoms with Crippen molar-refractivity contribution in [2.75, 3.05) is 20.8 Å². The first-order valence-corrected chi connectivity index (χ1v) is 8.37. The lowest BCUT2D eigenvalue weighted by Gasteiger charge is -2.24. The van der Waals surface area contributed by atoms with Gasteiger partial charge in [0.2, 0.25) is 5.91 Å². The molecular formula is C21H25NO3.